The topological polar surface area (TPSA) is 124 Å². The third-order valence-electron chi connectivity index (χ3n) is 9.32. The second-order valence-electron chi connectivity index (χ2n) is 14.1. The second-order valence-corrected chi connectivity index (χ2v) is 15.6. The minimum absolute atomic E-state index is 0.286. The molecule has 0 radical (unpaired) electrons. The van der Waals surface area contributed by atoms with E-state index in [4.69, 9.17) is 0 Å². The molecule has 8 heteroatoms. The van der Waals surface area contributed by atoms with Crippen LogP contribution < -0.4 is 5.32 Å². The molecule has 280 valence electrons. The monoisotopic (exact) mass is 688 g/mol. The molecule has 7 nitrogen and oxygen atoms in total. The summed E-state index contributed by atoms with van der Waals surface area (Å²) in [7, 11) is -4.43. The summed E-state index contributed by atoms with van der Waals surface area (Å²) in [5, 5.41) is 23.3. The Balaban J connectivity index is 3.99. The summed E-state index contributed by atoms with van der Waals surface area (Å²) in [5.41, 5.74) is 0. The molecule has 4 N–H and O–H groups in total. The maximum absolute atomic E-state index is 12.6. The predicted molar refractivity (Wildman–Crippen MR) is 199 cm³/mol. The van der Waals surface area contributed by atoms with Crippen LogP contribution in [0.5, 0.6) is 0 Å². The van der Waals surface area contributed by atoms with Gasteiger partial charge in [0.05, 0.1) is 17.9 Å². The van der Waals surface area contributed by atoms with Gasteiger partial charge in [0.1, 0.15) is 6.10 Å². The number of aliphatic hydroxyl groups excluding tert-OH is 2. The van der Waals surface area contributed by atoms with E-state index in [2.05, 4.69) is 19.2 Å². The number of unbranched alkanes of at least 4 members (excludes halogenated alkanes) is 27. The summed E-state index contributed by atoms with van der Waals surface area (Å²) in [6.07, 6.45) is 37.0. The van der Waals surface area contributed by atoms with Crippen LogP contribution in [0.3, 0.4) is 0 Å². The molecule has 3 atom stereocenters. The number of carbonyl (C=O) groups is 1. The summed E-state index contributed by atoms with van der Waals surface area (Å²) < 4.78 is 32.4. The SMILES string of the molecule is CCCCCCCCCCCC/C=C/C(O)C(CS(=O)(=O)O)NC(=O)C(O)CCCCCCCCCCCCCCCCCCCC. The first kappa shape index (κ1) is 46.0. The Morgan fingerprint density at radius 2 is 0.915 bits per heavy atom. The van der Waals surface area contributed by atoms with Gasteiger partial charge in [0.25, 0.3) is 10.1 Å². The van der Waals surface area contributed by atoms with E-state index in [1.807, 2.05) is 0 Å². The zero-order valence-corrected chi connectivity index (χ0v) is 31.6. The van der Waals surface area contributed by atoms with Gasteiger partial charge < -0.3 is 15.5 Å². The van der Waals surface area contributed by atoms with Crippen molar-refractivity contribution in [1.82, 2.24) is 5.32 Å². The highest BCUT2D eigenvalue weighted by atomic mass is 32.2. The third-order valence-corrected chi connectivity index (χ3v) is 10.1. The fourth-order valence-electron chi connectivity index (χ4n) is 6.22. The smallest absolute Gasteiger partial charge is 0.267 e. The maximum Gasteiger partial charge on any atom is 0.267 e. The van der Waals surface area contributed by atoms with Gasteiger partial charge in [-0.3, -0.25) is 9.35 Å². The van der Waals surface area contributed by atoms with Crippen molar-refractivity contribution in [2.24, 2.45) is 0 Å². The van der Waals surface area contributed by atoms with Crippen LogP contribution in [-0.4, -0.2) is 53.1 Å². The van der Waals surface area contributed by atoms with Gasteiger partial charge in [-0.1, -0.05) is 199 Å². The van der Waals surface area contributed by atoms with Crippen LogP contribution in [-0.2, 0) is 14.9 Å². The lowest BCUT2D eigenvalue weighted by molar-refractivity contribution is -0.130. The molecule has 0 saturated heterocycles. The first-order valence-electron chi connectivity index (χ1n) is 20.0. The minimum Gasteiger partial charge on any atom is -0.387 e. The molecule has 1 amide bonds. The Hall–Kier alpha value is -0.960. The summed E-state index contributed by atoms with van der Waals surface area (Å²) in [5.74, 6) is -1.53. The standard InChI is InChI=1S/C39H77NO6S/c1-3-5-7-9-11-13-15-17-18-19-20-21-22-24-26-28-30-32-34-38(42)39(43)40-36(35-47(44,45)46)37(41)33-31-29-27-25-23-16-14-12-10-8-6-4-2/h31,33,36-38,41-42H,3-30,32,34-35H2,1-2H3,(H,40,43)(H,44,45,46)/b33-31+. The van der Waals surface area contributed by atoms with Crippen molar-refractivity contribution in [3.63, 3.8) is 0 Å². The van der Waals surface area contributed by atoms with Crippen molar-refractivity contribution in [2.75, 3.05) is 5.75 Å². The summed E-state index contributed by atoms with van der Waals surface area (Å²) in [6.45, 7) is 4.49. The summed E-state index contributed by atoms with van der Waals surface area (Å²) in [4.78, 5) is 12.6. The highest BCUT2D eigenvalue weighted by Gasteiger charge is 2.27. The minimum atomic E-state index is -4.43. The van der Waals surface area contributed by atoms with Gasteiger partial charge >= 0.3 is 0 Å². The van der Waals surface area contributed by atoms with E-state index in [1.54, 1.807) is 6.08 Å². The van der Waals surface area contributed by atoms with E-state index < -0.39 is 40.0 Å². The average Bonchev–Trinajstić information content (AvgIpc) is 3.03. The van der Waals surface area contributed by atoms with Gasteiger partial charge in [-0.2, -0.15) is 8.42 Å². The van der Waals surface area contributed by atoms with Crippen LogP contribution in [0.15, 0.2) is 12.2 Å². The summed E-state index contributed by atoms with van der Waals surface area (Å²) in [6, 6.07) is -1.23. The zero-order chi connectivity index (χ0) is 34.9. The van der Waals surface area contributed by atoms with Gasteiger partial charge in [0, 0.05) is 0 Å². The Kier molecular flexibility index (Phi) is 32.8. The highest BCUT2D eigenvalue weighted by Crippen LogP contribution is 2.16. The summed E-state index contributed by atoms with van der Waals surface area (Å²) >= 11 is 0. The van der Waals surface area contributed by atoms with E-state index >= 15 is 0 Å². The molecule has 0 rings (SSSR count). The van der Waals surface area contributed by atoms with Crippen LogP contribution in [0.4, 0.5) is 0 Å². The Morgan fingerprint density at radius 1 is 0.574 bits per heavy atom. The van der Waals surface area contributed by atoms with E-state index in [0.29, 0.717) is 6.42 Å². The molecule has 0 heterocycles. The molecule has 0 aliphatic heterocycles. The molecular weight excluding hydrogens is 610 g/mol. The fourth-order valence-corrected chi connectivity index (χ4v) is 6.96. The van der Waals surface area contributed by atoms with Gasteiger partial charge in [-0.05, 0) is 19.3 Å². The molecule has 0 aliphatic rings. The Bertz CT molecular complexity index is 818. The van der Waals surface area contributed by atoms with Gasteiger partial charge in [0.2, 0.25) is 5.91 Å². The third kappa shape index (κ3) is 33.3. The average molecular weight is 688 g/mol. The van der Waals surface area contributed by atoms with Crippen molar-refractivity contribution < 1.29 is 28.0 Å². The second kappa shape index (κ2) is 33.5. The number of amides is 1. The lowest BCUT2D eigenvalue weighted by atomic mass is 10.0. The van der Waals surface area contributed by atoms with E-state index in [1.165, 1.54) is 147 Å². The number of carbonyl (C=O) groups excluding carboxylic acids is 1. The first-order chi connectivity index (χ1) is 22.7. The van der Waals surface area contributed by atoms with Crippen molar-refractivity contribution >= 4 is 16.0 Å². The molecule has 0 fully saturated rings. The van der Waals surface area contributed by atoms with Crippen molar-refractivity contribution in [3.8, 4) is 0 Å². The molecule has 0 aromatic heterocycles. The Morgan fingerprint density at radius 3 is 1.28 bits per heavy atom. The zero-order valence-electron chi connectivity index (χ0n) is 30.8. The lowest BCUT2D eigenvalue weighted by Gasteiger charge is -2.22. The lowest BCUT2D eigenvalue weighted by Crippen LogP contribution is -2.50. The van der Waals surface area contributed by atoms with Crippen molar-refractivity contribution in [3.05, 3.63) is 12.2 Å². The number of hydrogen-bond acceptors (Lipinski definition) is 5. The molecule has 0 bridgehead atoms. The molecule has 3 unspecified atom stereocenters. The molecule has 0 aliphatic carbocycles. The van der Waals surface area contributed by atoms with E-state index in [9.17, 15) is 28.0 Å². The molecule has 0 saturated carbocycles. The maximum atomic E-state index is 12.6. The van der Waals surface area contributed by atoms with Crippen molar-refractivity contribution in [2.45, 2.75) is 225 Å². The number of nitrogens with one attached hydrogen (secondary N) is 1. The van der Waals surface area contributed by atoms with Crippen LogP contribution in [0.2, 0.25) is 0 Å². The van der Waals surface area contributed by atoms with Crippen LogP contribution in [0.1, 0.15) is 206 Å². The Labute approximate surface area is 291 Å². The van der Waals surface area contributed by atoms with Gasteiger partial charge in [0.15, 0.2) is 0 Å². The number of allylic oxidation sites excluding steroid dienone is 1. The molecule has 0 spiro atoms. The van der Waals surface area contributed by atoms with Gasteiger partial charge in [-0.25, -0.2) is 0 Å². The first-order valence-corrected chi connectivity index (χ1v) is 21.6. The molecule has 0 aromatic carbocycles. The van der Waals surface area contributed by atoms with Crippen LogP contribution in [0.25, 0.3) is 0 Å². The molecule has 47 heavy (non-hydrogen) atoms. The molecular formula is C39H77NO6S. The van der Waals surface area contributed by atoms with E-state index in [-0.39, 0.29) is 6.42 Å². The van der Waals surface area contributed by atoms with Crippen LogP contribution in [0, 0.1) is 0 Å². The normalized spacial score (nSPS) is 14.1. The quantitative estimate of drug-likeness (QED) is 0.0295. The number of aliphatic hydroxyl groups is 2. The predicted octanol–water partition coefficient (Wildman–Crippen LogP) is 10.4. The number of rotatable bonds is 36. The fraction of sp³-hybridized carbons (Fsp3) is 0.923. The van der Waals surface area contributed by atoms with Crippen molar-refractivity contribution in [1.29, 1.82) is 0 Å². The molecule has 0 aromatic rings. The largest absolute Gasteiger partial charge is 0.387 e. The number of hydrogen-bond donors (Lipinski definition) is 4. The highest BCUT2D eigenvalue weighted by molar-refractivity contribution is 7.85. The van der Waals surface area contributed by atoms with E-state index in [0.717, 1.165) is 38.5 Å². The van der Waals surface area contributed by atoms with Gasteiger partial charge in [-0.15, -0.1) is 0 Å². The van der Waals surface area contributed by atoms with Crippen LogP contribution >= 0.6 is 0 Å².